The van der Waals surface area contributed by atoms with Crippen molar-refractivity contribution < 1.29 is 44.0 Å². The molecule has 0 spiro atoms. The summed E-state index contributed by atoms with van der Waals surface area (Å²) in [6.07, 6.45) is 18.8. The molecule has 0 fully saturated rings. The number of furan rings is 5. The molecule has 0 saturated heterocycles. The van der Waals surface area contributed by atoms with Crippen LogP contribution >= 0.6 is 0 Å². The number of halogens is 5. The van der Waals surface area contributed by atoms with E-state index in [4.69, 9.17) is 22.1 Å². The number of pyridine rings is 5. The van der Waals surface area contributed by atoms with Gasteiger partial charge in [0.2, 0.25) is 58.3 Å². The molecule has 129 heavy (non-hydrogen) atoms. The van der Waals surface area contributed by atoms with Crippen LogP contribution in [0.5, 0.6) is 0 Å². The molecular formula is C98H86F5N21O5. The average molecular weight is 1730 g/mol. The van der Waals surface area contributed by atoms with E-state index < -0.39 is 29.7 Å². The SMILES string of the molecule is Cc1cc2c(cc1N1C=CN(C)[C@@H]1C)oc1nc(F)ccc12.Cc1cc2oc3nc(F)ccc3c2cc1N1C=CN(C)[C@@H]1C.Cc1ccc2c(oc3nc(F)ccc32)c1N1c2nccnc2N(C(C)C)[C@@H]1C.Cc1ccc2c(oc3nc(F)ccc32)c1N1c2nccnc2N(C)[C@@H]1C.Cc1ccc2c(oc3nc(F)ccc32)c1N1c2nccnc2N(c2ccccc2)[C@@H]1C. The number of fused-ring (bicyclic) bond motifs is 18. The molecule has 5 atom stereocenters. The van der Waals surface area contributed by atoms with Crippen LogP contribution < -0.4 is 39.2 Å². The van der Waals surface area contributed by atoms with Crippen molar-refractivity contribution in [3.8, 4) is 0 Å². The largest absolute Gasteiger partial charge is 0.438 e. The third-order valence-corrected chi connectivity index (χ3v) is 24.9. The van der Waals surface area contributed by atoms with Crippen molar-refractivity contribution in [1.29, 1.82) is 0 Å². The molecule has 6 aromatic carbocycles. The Morgan fingerprint density at radius 3 is 1.05 bits per heavy atom. The lowest BCUT2D eigenvalue weighted by Crippen LogP contribution is -2.42. The van der Waals surface area contributed by atoms with Crippen molar-refractivity contribution in [1.82, 2.24) is 64.6 Å². The summed E-state index contributed by atoms with van der Waals surface area (Å²) in [6.45, 7) is 25.1. The summed E-state index contributed by atoms with van der Waals surface area (Å²) in [4.78, 5) is 68.5. The van der Waals surface area contributed by atoms with Crippen molar-refractivity contribution in [3.63, 3.8) is 0 Å². The molecule has 5 aliphatic rings. The summed E-state index contributed by atoms with van der Waals surface area (Å²) in [5.41, 5.74) is 16.3. The van der Waals surface area contributed by atoms with Crippen LogP contribution in [0.1, 0.15) is 76.3 Å². The molecule has 5 aliphatic heterocycles. The first kappa shape index (κ1) is 81.8. The second-order valence-electron chi connectivity index (χ2n) is 33.0. The quantitative estimate of drug-likeness (QED) is 0.106. The Kier molecular flexibility index (Phi) is 20.2. The number of nitrogens with zero attached hydrogens (tertiary/aromatic N) is 21. The maximum absolute atomic E-state index is 13.7. The Morgan fingerprint density at radius 2 is 0.636 bits per heavy atom. The summed E-state index contributed by atoms with van der Waals surface area (Å²) >= 11 is 0. The summed E-state index contributed by atoms with van der Waals surface area (Å²) in [5, 5.41) is 8.67. The summed E-state index contributed by atoms with van der Waals surface area (Å²) in [6, 6.07) is 46.0. The second kappa shape index (κ2) is 31.8. The molecule has 26 nitrogen and oxygen atoms in total. The predicted octanol–water partition coefficient (Wildman–Crippen LogP) is 22.9. The molecule has 0 N–H and O–H groups in total. The van der Waals surface area contributed by atoms with Crippen LogP contribution in [0, 0.1) is 64.4 Å². The van der Waals surface area contributed by atoms with Gasteiger partial charge in [0.15, 0.2) is 51.7 Å². The van der Waals surface area contributed by atoms with E-state index in [2.05, 4.69) is 222 Å². The van der Waals surface area contributed by atoms with Crippen molar-refractivity contribution >= 4 is 179 Å². The number of hydrogen-bond acceptors (Lipinski definition) is 26. The topological polar surface area (TPSA) is 240 Å². The highest BCUT2D eigenvalue weighted by Gasteiger charge is 2.43. The fourth-order valence-corrected chi connectivity index (χ4v) is 18.2. The van der Waals surface area contributed by atoms with Crippen LogP contribution in [0.25, 0.3) is 110 Å². The standard InChI is InChI=1S/C24H18FN5O.C21H20FN5O.C19H16FN5O.2C17H16FN3O/c1-14-8-9-17-18-10-11-19(25)28-24(18)31-21(17)20(14)30-15(2)29(16-6-4-3-5-7-16)22-23(30)27-13-12-26-22;1-11(2)26-13(4)27(20-19(26)23-9-10-24-20)17-12(3)5-6-14-15-7-8-16(22)25-21(15)28-18(14)17;1-10-4-5-12-13-6-7-14(20)23-19(13)26-16(12)15(10)25-11(2)24(3)17-18(25)22-9-8-21-17;1-10-8-15-13(12-4-5-16(18)19-17(12)22-15)9-14(10)21-7-6-20(3)11(21)2;1-10-8-13-12-4-5-16(18)19-17(12)22-15(13)9-14(10)21-7-6-20(3)11(21)2/h3-13,15H,1-2H3;5-11,13H,1-4H3;4-9,11H,1-3H3;2*4-9,11H,1-3H3/t15-;13-;3*11-/m00000/s1. The predicted molar refractivity (Wildman–Crippen MR) is 494 cm³/mol. The van der Waals surface area contributed by atoms with E-state index in [9.17, 15) is 22.0 Å². The van der Waals surface area contributed by atoms with Crippen molar-refractivity contribution in [2.75, 3.05) is 60.3 Å². The summed E-state index contributed by atoms with van der Waals surface area (Å²) in [5.74, 6) is 2.03. The molecule has 19 aromatic rings. The van der Waals surface area contributed by atoms with E-state index in [1.807, 2.05) is 102 Å². The highest BCUT2D eigenvalue weighted by molar-refractivity contribution is 6.13. The first-order valence-corrected chi connectivity index (χ1v) is 42.2. The lowest BCUT2D eigenvalue weighted by atomic mass is 10.1. The number of anilines is 12. The zero-order valence-electron chi connectivity index (χ0n) is 73.0. The summed E-state index contributed by atoms with van der Waals surface area (Å²) in [7, 11) is 6.08. The lowest BCUT2D eigenvalue weighted by molar-refractivity contribution is 0.383. The van der Waals surface area contributed by atoms with Crippen LogP contribution in [-0.4, -0.2) is 123 Å². The number of hydrogen-bond donors (Lipinski definition) is 0. The van der Waals surface area contributed by atoms with E-state index in [1.54, 1.807) is 67.5 Å². The lowest BCUT2D eigenvalue weighted by Gasteiger charge is -2.32. The van der Waals surface area contributed by atoms with E-state index in [0.29, 0.717) is 39.6 Å². The Hall–Kier alpha value is -15.6. The molecule has 31 heteroatoms. The highest BCUT2D eigenvalue weighted by atomic mass is 19.1. The molecule has 0 saturated carbocycles. The number of aryl methyl sites for hydroxylation is 5. The fraction of sp³-hybridized carbons (Fsp3) is 0.214. The zero-order chi connectivity index (χ0) is 89.5. The Balaban J connectivity index is 0.000000102. The third kappa shape index (κ3) is 13.8. The first-order valence-electron chi connectivity index (χ1n) is 42.2. The monoisotopic (exact) mass is 1730 g/mol. The molecular weight excluding hydrogens is 1650 g/mol. The van der Waals surface area contributed by atoms with Crippen LogP contribution in [0.15, 0.2) is 236 Å². The van der Waals surface area contributed by atoms with Gasteiger partial charge in [-0.2, -0.15) is 46.9 Å². The van der Waals surface area contributed by atoms with Crippen LogP contribution in [-0.2, 0) is 0 Å². The van der Waals surface area contributed by atoms with Gasteiger partial charge in [0.25, 0.3) is 0 Å². The molecule has 24 rings (SSSR count). The molecule has 648 valence electrons. The Morgan fingerprint density at radius 1 is 0.302 bits per heavy atom. The van der Waals surface area contributed by atoms with E-state index in [0.717, 1.165) is 162 Å². The maximum Gasteiger partial charge on any atom is 0.230 e. The van der Waals surface area contributed by atoms with Gasteiger partial charge in [-0.3, -0.25) is 14.7 Å². The van der Waals surface area contributed by atoms with Gasteiger partial charge < -0.3 is 56.4 Å². The van der Waals surface area contributed by atoms with Gasteiger partial charge in [-0.1, -0.05) is 54.6 Å². The fourth-order valence-electron chi connectivity index (χ4n) is 18.2. The molecule has 0 radical (unpaired) electrons. The van der Waals surface area contributed by atoms with E-state index >= 15 is 0 Å². The summed E-state index contributed by atoms with van der Waals surface area (Å²) < 4.78 is 97.0. The minimum atomic E-state index is -0.564. The molecule has 18 heterocycles. The number of para-hydroxylation sites is 1. The van der Waals surface area contributed by atoms with Gasteiger partial charge in [-0.05, 0) is 202 Å². The molecule has 0 bridgehead atoms. The molecule has 0 unspecified atom stereocenters. The highest BCUT2D eigenvalue weighted by Crippen LogP contribution is 2.52. The van der Waals surface area contributed by atoms with E-state index in [-0.39, 0.29) is 42.6 Å². The maximum atomic E-state index is 13.7. The average Bonchev–Trinajstić information content (AvgIpc) is 1.58. The third-order valence-electron chi connectivity index (χ3n) is 24.9. The van der Waals surface area contributed by atoms with Crippen LogP contribution in [0.3, 0.4) is 0 Å². The Labute approximate surface area is 735 Å². The van der Waals surface area contributed by atoms with Gasteiger partial charge in [0.1, 0.15) is 42.0 Å². The van der Waals surface area contributed by atoms with Crippen LogP contribution in [0.4, 0.5) is 91.0 Å². The van der Waals surface area contributed by atoms with Gasteiger partial charge in [-0.15, -0.1) is 0 Å². The Bertz CT molecular complexity index is 7740. The molecule has 13 aromatic heterocycles. The van der Waals surface area contributed by atoms with Crippen molar-refractivity contribution in [3.05, 3.63) is 271 Å². The van der Waals surface area contributed by atoms with Crippen LogP contribution in [0.2, 0.25) is 0 Å². The van der Waals surface area contributed by atoms with Gasteiger partial charge in [-0.25, -0.2) is 29.9 Å². The van der Waals surface area contributed by atoms with Crippen molar-refractivity contribution in [2.45, 2.75) is 120 Å². The molecule has 0 aliphatic carbocycles. The number of aromatic nitrogens is 11. The minimum Gasteiger partial charge on any atom is -0.438 e. The number of benzene rings is 6. The van der Waals surface area contributed by atoms with Gasteiger partial charge >= 0.3 is 0 Å². The zero-order valence-corrected chi connectivity index (χ0v) is 73.0. The van der Waals surface area contributed by atoms with Gasteiger partial charge in [0.05, 0.1) is 17.1 Å². The van der Waals surface area contributed by atoms with Gasteiger partial charge in [0, 0.05) is 166 Å². The normalized spacial score (nSPS) is 16.9. The smallest absolute Gasteiger partial charge is 0.230 e. The molecule has 0 amide bonds. The minimum absolute atomic E-state index is 0.000363. The van der Waals surface area contributed by atoms with E-state index in [1.165, 1.54) is 30.3 Å². The first-order chi connectivity index (χ1) is 62.2. The second-order valence-corrected chi connectivity index (χ2v) is 33.0. The van der Waals surface area contributed by atoms with Crippen molar-refractivity contribution in [2.24, 2.45) is 0 Å². The number of rotatable bonds is 7.